The molecular formula is C20H25N3O2. The van der Waals surface area contributed by atoms with E-state index in [2.05, 4.69) is 28.4 Å². The molecule has 1 aromatic carbocycles. The molecule has 0 amide bonds. The van der Waals surface area contributed by atoms with Crippen LogP contribution in [0.4, 0.5) is 0 Å². The van der Waals surface area contributed by atoms with Gasteiger partial charge >= 0.3 is 0 Å². The van der Waals surface area contributed by atoms with E-state index in [1.165, 1.54) is 12.0 Å². The van der Waals surface area contributed by atoms with Crippen molar-refractivity contribution in [2.45, 2.75) is 32.0 Å². The van der Waals surface area contributed by atoms with Crippen LogP contribution in [-0.4, -0.2) is 41.8 Å². The summed E-state index contributed by atoms with van der Waals surface area (Å²) in [6.45, 7) is 5.00. The van der Waals surface area contributed by atoms with Crippen LogP contribution >= 0.6 is 0 Å². The molecule has 3 heterocycles. The molecule has 2 atom stereocenters. The number of fused-ring (bicyclic) bond motifs is 2. The summed E-state index contributed by atoms with van der Waals surface area (Å²) in [7, 11) is 3.52. The predicted molar refractivity (Wildman–Crippen MR) is 99.0 cm³/mol. The van der Waals surface area contributed by atoms with Gasteiger partial charge in [-0.05, 0) is 36.6 Å². The number of benzene rings is 1. The normalized spacial score (nSPS) is 22.5. The number of nitrogens with zero attached hydrogens (tertiary/aromatic N) is 2. The summed E-state index contributed by atoms with van der Waals surface area (Å²) in [5.74, 6) is 0.916. The standard InChI is InChI=1S/C20H25N3O2/c1-13-6-16(10-22(2)20(13)24)14-4-5-15(19(7-14)25-3)11-23-12-17-8-18(23)9-21-17/h4-7,10,17-18,21H,8-9,11-12H2,1-3H3/t17-,18-/m0/s1. The molecule has 1 N–H and O–H groups in total. The zero-order chi connectivity index (χ0) is 17.6. The van der Waals surface area contributed by atoms with Crippen molar-refractivity contribution in [2.75, 3.05) is 20.2 Å². The fraction of sp³-hybridized carbons (Fsp3) is 0.450. The van der Waals surface area contributed by atoms with E-state index in [0.717, 1.165) is 42.1 Å². The molecule has 0 spiro atoms. The maximum atomic E-state index is 11.9. The first-order valence-corrected chi connectivity index (χ1v) is 8.87. The van der Waals surface area contributed by atoms with Crippen LogP contribution in [0.2, 0.25) is 0 Å². The first-order valence-electron chi connectivity index (χ1n) is 8.87. The van der Waals surface area contributed by atoms with E-state index in [0.29, 0.717) is 12.1 Å². The number of rotatable bonds is 4. The van der Waals surface area contributed by atoms with Gasteiger partial charge in [0, 0.05) is 56.1 Å². The molecule has 2 aliphatic heterocycles. The molecule has 2 fully saturated rings. The Balaban J connectivity index is 1.62. The van der Waals surface area contributed by atoms with E-state index >= 15 is 0 Å². The van der Waals surface area contributed by atoms with Crippen molar-refractivity contribution in [3.8, 4) is 16.9 Å². The number of aryl methyl sites for hydroxylation is 2. The molecule has 4 rings (SSSR count). The number of piperazine rings is 1. The summed E-state index contributed by atoms with van der Waals surface area (Å²) in [5.41, 5.74) is 4.13. The Morgan fingerprint density at radius 2 is 2.12 bits per heavy atom. The van der Waals surface area contributed by atoms with E-state index in [-0.39, 0.29) is 5.56 Å². The van der Waals surface area contributed by atoms with Gasteiger partial charge in [-0.25, -0.2) is 0 Å². The van der Waals surface area contributed by atoms with Gasteiger partial charge < -0.3 is 14.6 Å². The second kappa shape index (κ2) is 6.32. The number of nitrogens with one attached hydrogen (secondary N) is 1. The zero-order valence-corrected chi connectivity index (χ0v) is 15.1. The van der Waals surface area contributed by atoms with Crippen molar-refractivity contribution in [3.63, 3.8) is 0 Å². The van der Waals surface area contributed by atoms with E-state index in [4.69, 9.17) is 4.74 Å². The summed E-state index contributed by atoms with van der Waals surface area (Å²) in [6, 6.07) is 9.63. The first-order chi connectivity index (χ1) is 12.0. The SMILES string of the molecule is COc1cc(-c2cc(C)c(=O)n(C)c2)ccc1CN1C[C@@H]2C[C@H]1CN2. The van der Waals surface area contributed by atoms with E-state index in [9.17, 15) is 4.79 Å². The minimum absolute atomic E-state index is 0.0463. The van der Waals surface area contributed by atoms with Gasteiger partial charge in [0.15, 0.2) is 0 Å². The molecule has 1 aromatic heterocycles. The molecule has 0 radical (unpaired) electrons. The highest BCUT2D eigenvalue weighted by Gasteiger charge is 2.37. The van der Waals surface area contributed by atoms with Crippen molar-refractivity contribution in [2.24, 2.45) is 7.05 Å². The number of methoxy groups -OCH3 is 1. The summed E-state index contributed by atoms with van der Waals surface area (Å²) in [4.78, 5) is 14.5. The van der Waals surface area contributed by atoms with E-state index in [1.807, 2.05) is 19.2 Å². The Morgan fingerprint density at radius 1 is 1.28 bits per heavy atom. The average Bonchev–Trinajstić information content (AvgIpc) is 3.22. The van der Waals surface area contributed by atoms with Gasteiger partial charge in [-0.15, -0.1) is 0 Å². The van der Waals surface area contributed by atoms with Gasteiger partial charge in [0.25, 0.3) is 5.56 Å². The molecule has 0 unspecified atom stereocenters. The molecule has 0 aliphatic carbocycles. The molecule has 2 bridgehead atoms. The molecule has 2 saturated heterocycles. The van der Waals surface area contributed by atoms with Gasteiger partial charge in [-0.3, -0.25) is 9.69 Å². The Morgan fingerprint density at radius 3 is 2.76 bits per heavy atom. The molecule has 132 valence electrons. The Kier molecular flexibility index (Phi) is 4.13. The van der Waals surface area contributed by atoms with Gasteiger partial charge in [0.05, 0.1) is 7.11 Å². The third kappa shape index (κ3) is 2.98. The Bertz CT molecular complexity index is 832. The van der Waals surface area contributed by atoms with Crippen LogP contribution in [0.15, 0.2) is 35.3 Å². The van der Waals surface area contributed by atoms with Crippen LogP contribution in [0.25, 0.3) is 11.1 Å². The van der Waals surface area contributed by atoms with Gasteiger partial charge in [0.2, 0.25) is 0 Å². The highest BCUT2D eigenvalue weighted by atomic mass is 16.5. The fourth-order valence-electron chi connectivity index (χ4n) is 4.15. The van der Waals surface area contributed by atoms with Crippen molar-refractivity contribution >= 4 is 0 Å². The van der Waals surface area contributed by atoms with Gasteiger partial charge in [-0.1, -0.05) is 12.1 Å². The predicted octanol–water partition coefficient (Wildman–Crippen LogP) is 1.92. The van der Waals surface area contributed by atoms with Crippen LogP contribution in [0.1, 0.15) is 17.5 Å². The Labute approximate surface area is 148 Å². The average molecular weight is 339 g/mol. The largest absolute Gasteiger partial charge is 0.496 e. The lowest BCUT2D eigenvalue weighted by Crippen LogP contribution is -2.43. The number of hydrogen-bond acceptors (Lipinski definition) is 4. The number of aromatic nitrogens is 1. The molecule has 25 heavy (non-hydrogen) atoms. The minimum atomic E-state index is 0.0463. The van der Waals surface area contributed by atoms with Crippen molar-refractivity contribution in [1.29, 1.82) is 0 Å². The summed E-state index contributed by atoms with van der Waals surface area (Å²) < 4.78 is 7.31. The third-order valence-corrected chi connectivity index (χ3v) is 5.53. The minimum Gasteiger partial charge on any atom is -0.496 e. The van der Waals surface area contributed by atoms with Gasteiger partial charge in [-0.2, -0.15) is 0 Å². The van der Waals surface area contributed by atoms with Crippen LogP contribution in [0.3, 0.4) is 0 Å². The Hall–Kier alpha value is -2.11. The number of likely N-dealkylation sites (tertiary alicyclic amines) is 1. The lowest BCUT2D eigenvalue weighted by Gasteiger charge is -2.28. The maximum Gasteiger partial charge on any atom is 0.253 e. The second-order valence-electron chi connectivity index (χ2n) is 7.28. The maximum absolute atomic E-state index is 11.9. The lowest BCUT2D eigenvalue weighted by molar-refractivity contribution is 0.215. The van der Waals surface area contributed by atoms with E-state index in [1.54, 1.807) is 18.7 Å². The first kappa shape index (κ1) is 16.4. The fourth-order valence-corrected chi connectivity index (χ4v) is 4.15. The molecular weight excluding hydrogens is 314 g/mol. The van der Waals surface area contributed by atoms with Gasteiger partial charge in [0.1, 0.15) is 5.75 Å². The third-order valence-electron chi connectivity index (χ3n) is 5.53. The molecule has 5 nitrogen and oxygen atoms in total. The van der Waals surface area contributed by atoms with Crippen LogP contribution in [0.5, 0.6) is 5.75 Å². The highest BCUT2D eigenvalue weighted by Crippen LogP contribution is 2.31. The summed E-state index contributed by atoms with van der Waals surface area (Å²) in [6.07, 6.45) is 3.15. The lowest BCUT2D eigenvalue weighted by atomic mass is 10.0. The summed E-state index contributed by atoms with van der Waals surface area (Å²) in [5, 5.41) is 3.55. The highest BCUT2D eigenvalue weighted by molar-refractivity contribution is 5.66. The molecule has 2 aromatic rings. The van der Waals surface area contributed by atoms with Crippen molar-refractivity contribution in [1.82, 2.24) is 14.8 Å². The monoisotopic (exact) mass is 339 g/mol. The number of hydrogen-bond donors (Lipinski definition) is 1. The summed E-state index contributed by atoms with van der Waals surface area (Å²) >= 11 is 0. The van der Waals surface area contributed by atoms with Crippen LogP contribution in [-0.2, 0) is 13.6 Å². The smallest absolute Gasteiger partial charge is 0.253 e. The number of pyridine rings is 1. The molecule has 5 heteroatoms. The van der Waals surface area contributed by atoms with Crippen LogP contribution in [0, 0.1) is 6.92 Å². The van der Waals surface area contributed by atoms with Crippen LogP contribution < -0.4 is 15.6 Å². The van der Waals surface area contributed by atoms with E-state index < -0.39 is 0 Å². The second-order valence-corrected chi connectivity index (χ2v) is 7.28. The molecule has 2 aliphatic rings. The molecule has 0 saturated carbocycles. The van der Waals surface area contributed by atoms with Crippen molar-refractivity contribution in [3.05, 3.63) is 51.9 Å². The van der Waals surface area contributed by atoms with Crippen molar-refractivity contribution < 1.29 is 4.74 Å². The number of ether oxygens (including phenoxy) is 1. The zero-order valence-electron chi connectivity index (χ0n) is 15.1. The topological polar surface area (TPSA) is 46.5 Å². The quantitative estimate of drug-likeness (QED) is 0.924.